The summed E-state index contributed by atoms with van der Waals surface area (Å²) < 4.78 is 0. The van der Waals surface area contributed by atoms with Gasteiger partial charge in [0.2, 0.25) is 11.8 Å². The van der Waals surface area contributed by atoms with Crippen LogP contribution in [0.5, 0.6) is 0 Å². The molecule has 2 rings (SSSR count). The van der Waals surface area contributed by atoms with E-state index in [4.69, 9.17) is 0 Å². The molecule has 0 saturated heterocycles. The monoisotopic (exact) mass is 494 g/mol. The van der Waals surface area contributed by atoms with Crippen molar-refractivity contribution in [1.82, 2.24) is 10.2 Å². The summed E-state index contributed by atoms with van der Waals surface area (Å²) in [5.41, 5.74) is 6.21. The summed E-state index contributed by atoms with van der Waals surface area (Å²) in [7, 11) is 0. The van der Waals surface area contributed by atoms with Crippen LogP contribution in [0.2, 0.25) is 0 Å². The standard InChI is InChI=1S/C30H46N4O2/c1-6-7-19-34(22-28(36)33-30-25(4)16-13-17-26(30)5)20-11-9-8-10-18-31-21-27(35)32-29-23(2)14-12-15-24(29)3/h12-17,31H,6-11,18-22H2,1-5H3,(H,32,35)(H,33,36). The number of carbonyl (C=O) groups is 2. The lowest BCUT2D eigenvalue weighted by Gasteiger charge is -2.22. The van der Waals surface area contributed by atoms with Gasteiger partial charge in [-0.3, -0.25) is 14.5 Å². The minimum atomic E-state index is -0.00173. The van der Waals surface area contributed by atoms with E-state index in [1.165, 1.54) is 0 Å². The van der Waals surface area contributed by atoms with E-state index < -0.39 is 0 Å². The van der Waals surface area contributed by atoms with Crippen molar-refractivity contribution in [3.63, 3.8) is 0 Å². The number of unbranched alkanes of at least 4 members (excludes halogenated alkanes) is 4. The molecule has 36 heavy (non-hydrogen) atoms. The molecule has 0 unspecified atom stereocenters. The number of aryl methyl sites for hydroxylation is 4. The molecule has 0 aromatic heterocycles. The Morgan fingerprint density at radius 2 is 1.19 bits per heavy atom. The van der Waals surface area contributed by atoms with Gasteiger partial charge in [-0.15, -0.1) is 0 Å². The maximum atomic E-state index is 12.7. The first kappa shape index (κ1) is 29.5. The second-order valence-corrected chi connectivity index (χ2v) is 9.85. The van der Waals surface area contributed by atoms with Crippen LogP contribution in [-0.4, -0.2) is 49.4 Å². The molecular formula is C30H46N4O2. The van der Waals surface area contributed by atoms with Crippen LogP contribution in [0.15, 0.2) is 36.4 Å². The smallest absolute Gasteiger partial charge is 0.238 e. The van der Waals surface area contributed by atoms with Crippen LogP contribution in [0.4, 0.5) is 11.4 Å². The van der Waals surface area contributed by atoms with Crippen LogP contribution in [-0.2, 0) is 9.59 Å². The lowest BCUT2D eigenvalue weighted by Crippen LogP contribution is -2.35. The number of benzene rings is 2. The quantitative estimate of drug-likeness (QED) is 0.260. The normalized spacial score (nSPS) is 11.1. The van der Waals surface area contributed by atoms with Gasteiger partial charge in [0.15, 0.2) is 0 Å². The third-order valence-electron chi connectivity index (χ3n) is 6.55. The van der Waals surface area contributed by atoms with Crippen molar-refractivity contribution in [3.8, 4) is 0 Å². The molecule has 0 aliphatic heterocycles. The fourth-order valence-corrected chi connectivity index (χ4v) is 4.38. The number of carbonyl (C=O) groups excluding carboxylic acids is 2. The lowest BCUT2D eigenvalue weighted by molar-refractivity contribution is -0.117. The topological polar surface area (TPSA) is 73.5 Å². The number of hydrogen-bond donors (Lipinski definition) is 3. The highest BCUT2D eigenvalue weighted by atomic mass is 16.2. The van der Waals surface area contributed by atoms with E-state index in [-0.39, 0.29) is 11.8 Å². The summed E-state index contributed by atoms with van der Waals surface area (Å²) >= 11 is 0. The van der Waals surface area contributed by atoms with Crippen LogP contribution in [0.25, 0.3) is 0 Å². The first-order valence-corrected chi connectivity index (χ1v) is 13.5. The maximum absolute atomic E-state index is 12.7. The van der Waals surface area contributed by atoms with Crippen molar-refractivity contribution in [2.75, 3.05) is 43.4 Å². The molecule has 0 fully saturated rings. The summed E-state index contributed by atoms with van der Waals surface area (Å²) in [6.45, 7) is 13.8. The van der Waals surface area contributed by atoms with E-state index in [0.29, 0.717) is 13.1 Å². The first-order chi connectivity index (χ1) is 17.3. The summed E-state index contributed by atoms with van der Waals surface area (Å²) in [5, 5.41) is 9.39. The van der Waals surface area contributed by atoms with E-state index >= 15 is 0 Å². The van der Waals surface area contributed by atoms with Gasteiger partial charge in [0.1, 0.15) is 0 Å². The molecule has 6 heteroatoms. The zero-order chi connectivity index (χ0) is 26.3. The van der Waals surface area contributed by atoms with Crippen LogP contribution >= 0.6 is 0 Å². The summed E-state index contributed by atoms with van der Waals surface area (Å²) in [4.78, 5) is 27.2. The molecule has 0 bridgehead atoms. The number of anilines is 2. The van der Waals surface area contributed by atoms with Crippen LogP contribution in [0.3, 0.4) is 0 Å². The lowest BCUT2D eigenvalue weighted by atomic mass is 10.1. The van der Waals surface area contributed by atoms with Crippen LogP contribution in [0.1, 0.15) is 67.7 Å². The molecule has 0 radical (unpaired) electrons. The molecule has 2 aromatic carbocycles. The summed E-state index contributed by atoms with van der Waals surface area (Å²) in [5.74, 6) is 0.0602. The van der Waals surface area contributed by atoms with E-state index in [2.05, 4.69) is 27.8 Å². The van der Waals surface area contributed by atoms with E-state index in [9.17, 15) is 9.59 Å². The van der Waals surface area contributed by atoms with Crippen molar-refractivity contribution in [3.05, 3.63) is 58.7 Å². The Hall–Kier alpha value is -2.70. The molecule has 0 aliphatic carbocycles. The summed E-state index contributed by atoms with van der Waals surface area (Å²) in [6, 6.07) is 12.1. The molecule has 2 amide bonds. The van der Waals surface area contributed by atoms with Crippen molar-refractivity contribution >= 4 is 23.2 Å². The minimum Gasteiger partial charge on any atom is -0.324 e. The molecular weight excluding hydrogens is 448 g/mol. The van der Waals surface area contributed by atoms with Gasteiger partial charge in [-0.1, -0.05) is 62.6 Å². The SMILES string of the molecule is CCCCN(CCCCCCNCC(=O)Nc1c(C)cccc1C)CC(=O)Nc1c(C)cccc1C. The number of amides is 2. The Kier molecular flexibility index (Phi) is 13.2. The predicted octanol–water partition coefficient (Wildman–Crippen LogP) is 5.75. The predicted molar refractivity (Wildman–Crippen MR) is 152 cm³/mol. The number of nitrogens with zero attached hydrogens (tertiary/aromatic N) is 1. The zero-order valence-electron chi connectivity index (χ0n) is 23.0. The fourth-order valence-electron chi connectivity index (χ4n) is 4.38. The van der Waals surface area contributed by atoms with Crippen LogP contribution < -0.4 is 16.0 Å². The van der Waals surface area contributed by atoms with Gasteiger partial charge in [0.05, 0.1) is 13.1 Å². The molecule has 0 spiro atoms. The zero-order valence-corrected chi connectivity index (χ0v) is 23.0. The molecule has 0 aliphatic rings. The molecule has 6 nitrogen and oxygen atoms in total. The van der Waals surface area contributed by atoms with Gasteiger partial charge < -0.3 is 16.0 Å². The Balaban J connectivity index is 1.63. The Bertz CT molecular complexity index is 933. The van der Waals surface area contributed by atoms with Gasteiger partial charge in [-0.25, -0.2) is 0 Å². The summed E-state index contributed by atoms with van der Waals surface area (Å²) in [6.07, 6.45) is 6.58. The van der Waals surface area contributed by atoms with Crippen molar-refractivity contribution in [2.24, 2.45) is 0 Å². The number of hydrogen-bond acceptors (Lipinski definition) is 4. The highest BCUT2D eigenvalue weighted by Gasteiger charge is 2.13. The second kappa shape index (κ2) is 16.1. The second-order valence-electron chi connectivity index (χ2n) is 9.85. The largest absolute Gasteiger partial charge is 0.324 e. The minimum absolute atomic E-state index is 0.00173. The molecule has 0 atom stereocenters. The molecule has 198 valence electrons. The van der Waals surface area contributed by atoms with Gasteiger partial charge in [0, 0.05) is 11.4 Å². The third kappa shape index (κ3) is 10.5. The highest BCUT2D eigenvalue weighted by Crippen LogP contribution is 2.20. The van der Waals surface area contributed by atoms with Crippen molar-refractivity contribution < 1.29 is 9.59 Å². The van der Waals surface area contributed by atoms with Crippen molar-refractivity contribution in [2.45, 2.75) is 73.1 Å². The fraction of sp³-hybridized carbons (Fsp3) is 0.533. The number of nitrogens with one attached hydrogen (secondary N) is 3. The molecule has 3 N–H and O–H groups in total. The Labute approximate surface area is 218 Å². The van der Waals surface area contributed by atoms with Crippen LogP contribution in [0, 0.1) is 27.7 Å². The first-order valence-electron chi connectivity index (χ1n) is 13.5. The van der Waals surface area contributed by atoms with E-state index in [1.807, 2.05) is 64.1 Å². The molecule has 2 aromatic rings. The molecule has 0 heterocycles. The average Bonchev–Trinajstić information content (AvgIpc) is 2.83. The third-order valence-corrected chi connectivity index (χ3v) is 6.55. The van der Waals surface area contributed by atoms with Gasteiger partial charge in [-0.2, -0.15) is 0 Å². The molecule has 0 saturated carbocycles. The van der Waals surface area contributed by atoms with Gasteiger partial charge in [-0.05, 0) is 88.8 Å². The average molecular weight is 495 g/mol. The Morgan fingerprint density at radius 3 is 1.75 bits per heavy atom. The number of rotatable bonds is 16. The van der Waals surface area contributed by atoms with Crippen molar-refractivity contribution in [1.29, 1.82) is 0 Å². The van der Waals surface area contributed by atoms with Gasteiger partial charge >= 0.3 is 0 Å². The van der Waals surface area contributed by atoms with Gasteiger partial charge in [0.25, 0.3) is 0 Å². The van der Waals surface area contributed by atoms with E-state index in [0.717, 1.165) is 91.8 Å². The Morgan fingerprint density at radius 1 is 0.694 bits per heavy atom. The van der Waals surface area contributed by atoms with E-state index in [1.54, 1.807) is 0 Å². The highest BCUT2D eigenvalue weighted by molar-refractivity contribution is 5.94. The number of para-hydroxylation sites is 2. The maximum Gasteiger partial charge on any atom is 0.238 e.